The summed E-state index contributed by atoms with van der Waals surface area (Å²) in [4.78, 5) is 3.48. The van der Waals surface area contributed by atoms with Crippen molar-refractivity contribution in [3.63, 3.8) is 0 Å². The number of halogens is 1. The average molecular weight is 354 g/mol. The molecule has 0 bridgehead atoms. The summed E-state index contributed by atoms with van der Waals surface area (Å²) in [7, 11) is 0. The third kappa shape index (κ3) is 2.03. The number of H-pyrrole nitrogens is 2. The molecule has 0 unspecified atom stereocenters. The van der Waals surface area contributed by atoms with E-state index in [9.17, 15) is 0 Å². The Labute approximate surface area is 134 Å². The largest absolute Gasteiger partial charge is 0.354 e. The van der Waals surface area contributed by atoms with Gasteiger partial charge in [0.15, 0.2) is 0 Å². The minimum atomic E-state index is 0.581. The molecule has 0 aliphatic carbocycles. The Morgan fingerprint density at radius 2 is 1.86 bits per heavy atom. The highest BCUT2D eigenvalue weighted by atomic mass is 79.9. The number of nitrogens with zero attached hydrogens (tertiary/aromatic N) is 3. The SMILES string of the molecule is Cc1ccc2[nH]c(-c3ccccc3-c3nn[nH]n3)c(Br)c2c1. The summed E-state index contributed by atoms with van der Waals surface area (Å²) < 4.78 is 1.04. The van der Waals surface area contributed by atoms with E-state index in [1.54, 1.807) is 0 Å². The Hall–Kier alpha value is -2.47. The van der Waals surface area contributed by atoms with Crippen LogP contribution < -0.4 is 0 Å². The molecule has 4 rings (SSSR count). The van der Waals surface area contributed by atoms with E-state index in [2.05, 4.69) is 66.7 Å². The number of aromatic amines is 2. The van der Waals surface area contributed by atoms with E-state index < -0.39 is 0 Å². The van der Waals surface area contributed by atoms with Gasteiger partial charge < -0.3 is 4.98 Å². The molecule has 0 atom stereocenters. The Morgan fingerprint density at radius 1 is 1.05 bits per heavy atom. The minimum absolute atomic E-state index is 0.581. The van der Waals surface area contributed by atoms with Gasteiger partial charge in [0, 0.05) is 22.0 Å². The first-order valence-corrected chi connectivity index (χ1v) is 7.64. The fraction of sp³-hybridized carbons (Fsp3) is 0.0625. The number of nitrogens with one attached hydrogen (secondary N) is 2. The second kappa shape index (κ2) is 5.06. The second-order valence-electron chi connectivity index (χ2n) is 5.14. The van der Waals surface area contributed by atoms with Crippen LogP contribution in [0.1, 0.15) is 5.56 Å². The van der Waals surface area contributed by atoms with Crippen LogP contribution in [-0.2, 0) is 0 Å². The van der Waals surface area contributed by atoms with Gasteiger partial charge in [-0.3, -0.25) is 0 Å². The molecule has 0 fully saturated rings. The molecule has 2 heterocycles. The molecule has 22 heavy (non-hydrogen) atoms. The van der Waals surface area contributed by atoms with Gasteiger partial charge in [-0.2, -0.15) is 5.21 Å². The van der Waals surface area contributed by atoms with Crippen LogP contribution in [0.2, 0.25) is 0 Å². The summed E-state index contributed by atoms with van der Waals surface area (Å²) >= 11 is 3.72. The van der Waals surface area contributed by atoms with Crippen molar-refractivity contribution in [2.75, 3.05) is 0 Å². The Morgan fingerprint density at radius 3 is 2.64 bits per heavy atom. The van der Waals surface area contributed by atoms with Gasteiger partial charge in [-0.05, 0) is 40.2 Å². The molecule has 2 N–H and O–H groups in total. The van der Waals surface area contributed by atoms with Crippen molar-refractivity contribution in [2.45, 2.75) is 6.92 Å². The molecule has 0 aliphatic heterocycles. The van der Waals surface area contributed by atoms with E-state index >= 15 is 0 Å². The number of tetrazole rings is 1. The molecule has 2 aromatic heterocycles. The number of aromatic nitrogens is 5. The summed E-state index contributed by atoms with van der Waals surface area (Å²) in [5.74, 6) is 0.581. The van der Waals surface area contributed by atoms with Gasteiger partial charge in [0.05, 0.1) is 10.2 Å². The molecule has 2 aromatic carbocycles. The van der Waals surface area contributed by atoms with Crippen LogP contribution in [0.15, 0.2) is 46.9 Å². The minimum Gasteiger partial charge on any atom is -0.354 e. The highest BCUT2D eigenvalue weighted by Gasteiger charge is 2.16. The third-order valence-corrected chi connectivity index (χ3v) is 4.50. The van der Waals surface area contributed by atoms with Gasteiger partial charge in [0.1, 0.15) is 0 Å². The van der Waals surface area contributed by atoms with Crippen LogP contribution in [-0.4, -0.2) is 25.6 Å². The zero-order valence-electron chi connectivity index (χ0n) is 11.8. The Bertz CT molecular complexity index is 956. The van der Waals surface area contributed by atoms with Crippen molar-refractivity contribution in [2.24, 2.45) is 0 Å². The third-order valence-electron chi connectivity index (χ3n) is 3.67. The number of fused-ring (bicyclic) bond motifs is 1. The number of hydrogen-bond acceptors (Lipinski definition) is 3. The van der Waals surface area contributed by atoms with Crippen LogP contribution in [0.5, 0.6) is 0 Å². The van der Waals surface area contributed by atoms with Crippen LogP contribution in [0.3, 0.4) is 0 Å². The topological polar surface area (TPSA) is 70.2 Å². The Balaban J connectivity index is 1.99. The molecular formula is C16H12BrN5. The van der Waals surface area contributed by atoms with Crippen LogP contribution in [0.4, 0.5) is 0 Å². The van der Waals surface area contributed by atoms with E-state index in [0.717, 1.165) is 32.2 Å². The zero-order chi connectivity index (χ0) is 15.1. The van der Waals surface area contributed by atoms with E-state index in [0.29, 0.717) is 5.82 Å². The number of benzene rings is 2. The second-order valence-corrected chi connectivity index (χ2v) is 5.94. The molecule has 0 spiro atoms. The molecule has 6 heteroatoms. The summed E-state index contributed by atoms with van der Waals surface area (Å²) in [6.45, 7) is 2.09. The molecule has 5 nitrogen and oxygen atoms in total. The van der Waals surface area contributed by atoms with Crippen molar-refractivity contribution in [1.29, 1.82) is 0 Å². The fourth-order valence-electron chi connectivity index (χ4n) is 2.63. The predicted octanol–water partition coefficient (Wildman–Crippen LogP) is 4.09. The number of hydrogen-bond donors (Lipinski definition) is 2. The molecule has 108 valence electrons. The highest BCUT2D eigenvalue weighted by molar-refractivity contribution is 9.10. The Kier molecular flexibility index (Phi) is 3.04. The lowest BCUT2D eigenvalue weighted by molar-refractivity contribution is 0.881. The molecule has 0 amide bonds. The van der Waals surface area contributed by atoms with E-state index in [-0.39, 0.29) is 0 Å². The van der Waals surface area contributed by atoms with Gasteiger partial charge in [0.2, 0.25) is 5.82 Å². The quantitative estimate of drug-likeness (QED) is 0.570. The standard InChI is InChI=1S/C16H12BrN5/c1-9-6-7-13-12(8-9)14(17)15(18-13)10-4-2-3-5-11(10)16-19-21-22-20-16/h2-8,18H,1H3,(H,19,20,21,22). The zero-order valence-corrected chi connectivity index (χ0v) is 13.3. The van der Waals surface area contributed by atoms with Crippen molar-refractivity contribution in [3.05, 3.63) is 52.5 Å². The van der Waals surface area contributed by atoms with Gasteiger partial charge >= 0.3 is 0 Å². The van der Waals surface area contributed by atoms with Gasteiger partial charge in [-0.1, -0.05) is 35.9 Å². The number of rotatable bonds is 2. The maximum absolute atomic E-state index is 4.09. The van der Waals surface area contributed by atoms with Crippen molar-refractivity contribution < 1.29 is 0 Å². The molecule has 0 saturated heterocycles. The first-order chi connectivity index (χ1) is 10.7. The highest BCUT2D eigenvalue weighted by Crippen LogP contribution is 2.38. The maximum Gasteiger partial charge on any atom is 0.205 e. The molecular weight excluding hydrogens is 342 g/mol. The average Bonchev–Trinajstić information content (AvgIpc) is 3.16. The molecule has 0 aliphatic rings. The first-order valence-electron chi connectivity index (χ1n) is 6.85. The van der Waals surface area contributed by atoms with Gasteiger partial charge in [0.25, 0.3) is 0 Å². The lowest BCUT2D eigenvalue weighted by Crippen LogP contribution is -1.87. The monoisotopic (exact) mass is 353 g/mol. The van der Waals surface area contributed by atoms with Crippen molar-refractivity contribution in [3.8, 4) is 22.6 Å². The molecule has 0 radical (unpaired) electrons. The fourth-order valence-corrected chi connectivity index (χ4v) is 3.27. The lowest BCUT2D eigenvalue weighted by Gasteiger charge is -2.05. The first kappa shape index (κ1) is 13.2. The normalized spacial score (nSPS) is 11.2. The van der Waals surface area contributed by atoms with E-state index in [1.807, 2.05) is 24.3 Å². The smallest absolute Gasteiger partial charge is 0.205 e. The van der Waals surface area contributed by atoms with Crippen LogP contribution >= 0.6 is 15.9 Å². The van der Waals surface area contributed by atoms with Gasteiger partial charge in [-0.25, -0.2) is 0 Å². The van der Waals surface area contributed by atoms with E-state index in [4.69, 9.17) is 0 Å². The van der Waals surface area contributed by atoms with Gasteiger partial charge in [-0.15, -0.1) is 10.2 Å². The van der Waals surface area contributed by atoms with Crippen LogP contribution in [0.25, 0.3) is 33.5 Å². The van der Waals surface area contributed by atoms with Crippen LogP contribution in [0, 0.1) is 6.92 Å². The molecule has 4 aromatic rings. The summed E-state index contributed by atoms with van der Waals surface area (Å²) in [5, 5.41) is 15.5. The summed E-state index contributed by atoms with van der Waals surface area (Å²) in [6.07, 6.45) is 0. The number of aryl methyl sites for hydroxylation is 1. The summed E-state index contributed by atoms with van der Waals surface area (Å²) in [5.41, 5.74) is 5.30. The van der Waals surface area contributed by atoms with E-state index in [1.165, 1.54) is 5.56 Å². The van der Waals surface area contributed by atoms with Crippen molar-refractivity contribution in [1.82, 2.24) is 25.6 Å². The maximum atomic E-state index is 4.09. The lowest BCUT2D eigenvalue weighted by atomic mass is 10.0. The molecule has 0 saturated carbocycles. The predicted molar refractivity (Wildman–Crippen MR) is 89.3 cm³/mol. The van der Waals surface area contributed by atoms with Crippen molar-refractivity contribution >= 4 is 26.8 Å². The summed E-state index contributed by atoms with van der Waals surface area (Å²) in [6, 6.07) is 14.4.